The van der Waals surface area contributed by atoms with E-state index in [9.17, 15) is 9.59 Å². The van der Waals surface area contributed by atoms with Crippen LogP contribution in [-0.2, 0) is 14.3 Å². The standard InChI is InChI=1S/C12H24N2O3/c1-5-7-8-10(15)13-11(14(3)4)12(16)17-9-6-2/h11H,5-9H2,1-4H3,(H,13,15)/t11-/m1/s1. The van der Waals surface area contributed by atoms with Gasteiger partial charge in [0.05, 0.1) is 6.61 Å². The molecule has 1 amide bonds. The van der Waals surface area contributed by atoms with Gasteiger partial charge in [0.25, 0.3) is 0 Å². The quantitative estimate of drug-likeness (QED) is 0.514. The third kappa shape index (κ3) is 6.94. The van der Waals surface area contributed by atoms with Crippen molar-refractivity contribution >= 4 is 11.9 Å². The van der Waals surface area contributed by atoms with E-state index in [1.807, 2.05) is 13.8 Å². The second-order valence-corrected chi connectivity index (χ2v) is 4.20. The molecule has 17 heavy (non-hydrogen) atoms. The summed E-state index contributed by atoms with van der Waals surface area (Å²) in [5.74, 6) is -0.513. The summed E-state index contributed by atoms with van der Waals surface area (Å²) in [5.41, 5.74) is 0. The number of carbonyl (C=O) groups is 2. The molecule has 0 radical (unpaired) electrons. The fourth-order valence-corrected chi connectivity index (χ4v) is 1.24. The molecule has 5 heteroatoms. The first kappa shape index (κ1) is 15.9. The molecule has 1 N–H and O–H groups in total. The lowest BCUT2D eigenvalue weighted by Gasteiger charge is -2.23. The molecule has 0 aromatic heterocycles. The highest BCUT2D eigenvalue weighted by atomic mass is 16.5. The average molecular weight is 244 g/mol. The number of amides is 1. The molecule has 0 saturated heterocycles. The number of nitrogens with one attached hydrogen (secondary N) is 1. The maximum atomic E-state index is 11.7. The Morgan fingerprint density at radius 3 is 2.35 bits per heavy atom. The molecule has 0 aliphatic heterocycles. The van der Waals surface area contributed by atoms with Gasteiger partial charge >= 0.3 is 5.97 Å². The second-order valence-electron chi connectivity index (χ2n) is 4.20. The van der Waals surface area contributed by atoms with Gasteiger partial charge in [-0.1, -0.05) is 20.3 Å². The zero-order valence-corrected chi connectivity index (χ0v) is 11.3. The van der Waals surface area contributed by atoms with E-state index in [4.69, 9.17) is 4.74 Å². The van der Waals surface area contributed by atoms with Crippen LogP contribution in [-0.4, -0.2) is 43.6 Å². The number of carbonyl (C=O) groups excluding carboxylic acids is 2. The number of hydrogen-bond donors (Lipinski definition) is 1. The number of likely N-dealkylation sites (N-methyl/N-ethyl adjacent to an activating group) is 1. The van der Waals surface area contributed by atoms with Crippen LogP contribution < -0.4 is 5.32 Å². The van der Waals surface area contributed by atoms with Crippen LogP contribution >= 0.6 is 0 Å². The van der Waals surface area contributed by atoms with E-state index in [1.165, 1.54) is 0 Å². The van der Waals surface area contributed by atoms with Crippen molar-refractivity contribution in [2.24, 2.45) is 0 Å². The molecule has 0 unspecified atom stereocenters. The predicted molar refractivity (Wildman–Crippen MR) is 66.4 cm³/mol. The largest absolute Gasteiger partial charge is 0.463 e. The molecule has 0 saturated carbocycles. The summed E-state index contributed by atoms with van der Waals surface area (Å²) in [6, 6.07) is 0. The first-order valence-corrected chi connectivity index (χ1v) is 6.15. The van der Waals surface area contributed by atoms with Crippen LogP contribution in [0.4, 0.5) is 0 Å². The molecular weight excluding hydrogens is 220 g/mol. The topological polar surface area (TPSA) is 58.6 Å². The van der Waals surface area contributed by atoms with Crippen LogP contribution in [0.2, 0.25) is 0 Å². The molecule has 5 nitrogen and oxygen atoms in total. The van der Waals surface area contributed by atoms with Crippen LogP contribution in [0.5, 0.6) is 0 Å². The van der Waals surface area contributed by atoms with Gasteiger partial charge in [-0.15, -0.1) is 0 Å². The van der Waals surface area contributed by atoms with E-state index >= 15 is 0 Å². The van der Waals surface area contributed by atoms with Gasteiger partial charge in [0.2, 0.25) is 5.91 Å². The third-order valence-corrected chi connectivity index (χ3v) is 2.24. The number of unbranched alkanes of at least 4 members (excludes halogenated alkanes) is 1. The Kier molecular flexibility index (Phi) is 8.40. The Morgan fingerprint density at radius 1 is 1.24 bits per heavy atom. The SMILES string of the molecule is CCCCC(=O)N[C@@H](C(=O)OCCC)N(C)C. The molecule has 0 bridgehead atoms. The smallest absolute Gasteiger partial charge is 0.344 e. The summed E-state index contributed by atoms with van der Waals surface area (Å²) >= 11 is 0. The van der Waals surface area contributed by atoms with E-state index in [0.717, 1.165) is 19.3 Å². The van der Waals surface area contributed by atoms with Gasteiger partial charge in [0, 0.05) is 6.42 Å². The molecule has 1 atom stereocenters. The summed E-state index contributed by atoms with van der Waals surface area (Å²) in [7, 11) is 3.47. The second kappa shape index (κ2) is 8.98. The Balaban J connectivity index is 4.23. The minimum absolute atomic E-state index is 0.112. The number of esters is 1. The maximum Gasteiger partial charge on any atom is 0.344 e. The molecule has 0 rings (SSSR count). The summed E-state index contributed by atoms with van der Waals surface area (Å²) in [4.78, 5) is 24.9. The van der Waals surface area contributed by atoms with Crippen molar-refractivity contribution in [2.75, 3.05) is 20.7 Å². The van der Waals surface area contributed by atoms with Gasteiger partial charge in [0.1, 0.15) is 0 Å². The number of hydrogen-bond acceptors (Lipinski definition) is 4. The van der Waals surface area contributed by atoms with Gasteiger partial charge < -0.3 is 10.1 Å². The van der Waals surface area contributed by atoms with Crippen molar-refractivity contribution in [2.45, 2.75) is 45.7 Å². The Labute approximate surface area is 103 Å². The fraction of sp³-hybridized carbons (Fsp3) is 0.833. The highest BCUT2D eigenvalue weighted by Gasteiger charge is 2.23. The Hall–Kier alpha value is -1.10. The third-order valence-electron chi connectivity index (χ3n) is 2.24. The highest BCUT2D eigenvalue weighted by Crippen LogP contribution is 1.98. The zero-order chi connectivity index (χ0) is 13.3. The van der Waals surface area contributed by atoms with E-state index in [-0.39, 0.29) is 5.91 Å². The molecule has 0 aliphatic carbocycles. The lowest BCUT2D eigenvalue weighted by molar-refractivity contribution is -0.152. The first-order valence-electron chi connectivity index (χ1n) is 6.15. The Morgan fingerprint density at radius 2 is 1.88 bits per heavy atom. The average Bonchev–Trinajstić information content (AvgIpc) is 2.29. The minimum atomic E-state index is -0.689. The van der Waals surface area contributed by atoms with Crippen LogP contribution in [0.15, 0.2) is 0 Å². The minimum Gasteiger partial charge on any atom is -0.463 e. The fourth-order valence-electron chi connectivity index (χ4n) is 1.24. The van der Waals surface area contributed by atoms with Crippen LogP contribution in [0.1, 0.15) is 39.5 Å². The molecule has 0 heterocycles. The van der Waals surface area contributed by atoms with Crippen LogP contribution in [0.3, 0.4) is 0 Å². The molecule has 0 aliphatic rings. The van der Waals surface area contributed by atoms with E-state index in [0.29, 0.717) is 13.0 Å². The summed E-state index contributed by atoms with van der Waals surface area (Å²) in [6.07, 6.45) is 2.32. The first-order chi connectivity index (χ1) is 8.02. The van der Waals surface area contributed by atoms with Gasteiger partial charge in [-0.3, -0.25) is 9.69 Å². The van der Waals surface area contributed by atoms with Gasteiger partial charge in [0.15, 0.2) is 6.17 Å². The highest BCUT2D eigenvalue weighted by molar-refractivity contribution is 5.84. The lowest BCUT2D eigenvalue weighted by atomic mass is 10.2. The van der Waals surface area contributed by atoms with Crippen molar-refractivity contribution in [3.63, 3.8) is 0 Å². The van der Waals surface area contributed by atoms with Crippen molar-refractivity contribution in [3.05, 3.63) is 0 Å². The maximum absolute atomic E-state index is 11.7. The molecule has 0 fully saturated rings. The predicted octanol–water partition coefficient (Wildman–Crippen LogP) is 1.13. The molecular formula is C12H24N2O3. The monoisotopic (exact) mass is 244 g/mol. The summed E-state index contributed by atoms with van der Waals surface area (Å²) in [5, 5.41) is 2.67. The van der Waals surface area contributed by atoms with Crippen molar-refractivity contribution in [1.82, 2.24) is 10.2 Å². The van der Waals surface area contributed by atoms with Gasteiger partial charge in [-0.25, -0.2) is 4.79 Å². The number of ether oxygens (including phenoxy) is 1. The number of rotatable bonds is 8. The molecule has 100 valence electrons. The van der Waals surface area contributed by atoms with E-state index in [1.54, 1.807) is 19.0 Å². The summed E-state index contributed by atoms with van der Waals surface area (Å²) in [6.45, 7) is 4.33. The zero-order valence-electron chi connectivity index (χ0n) is 11.3. The van der Waals surface area contributed by atoms with E-state index < -0.39 is 12.1 Å². The summed E-state index contributed by atoms with van der Waals surface area (Å²) < 4.78 is 5.02. The molecule has 0 aromatic rings. The van der Waals surface area contributed by atoms with Crippen molar-refractivity contribution in [3.8, 4) is 0 Å². The molecule has 0 aromatic carbocycles. The molecule has 0 spiro atoms. The Bertz CT molecular complexity index is 242. The van der Waals surface area contributed by atoms with Crippen LogP contribution in [0, 0.1) is 0 Å². The van der Waals surface area contributed by atoms with Gasteiger partial charge in [-0.2, -0.15) is 0 Å². The number of nitrogens with zero attached hydrogens (tertiary/aromatic N) is 1. The van der Waals surface area contributed by atoms with Crippen LogP contribution in [0.25, 0.3) is 0 Å². The van der Waals surface area contributed by atoms with Gasteiger partial charge in [-0.05, 0) is 26.9 Å². The normalized spacial score (nSPS) is 12.3. The van der Waals surface area contributed by atoms with Crippen molar-refractivity contribution in [1.29, 1.82) is 0 Å². The lowest BCUT2D eigenvalue weighted by Crippen LogP contribution is -2.50. The van der Waals surface area contributed by atoms with Crippen molar-refractivity contribution < 1.29 is 14.3 Å². The van der Waals surface area contributed by atoms with E-state index in [2.05, 4.69) is 5.32 Å².